The number of anilines is 1. The summed E-state index contributed by atoms with van der Waals surface area (Å²) in [6, 6.07) is 9.84. The number of rotatable bonds is 1. The largest absolute Gasteiger partial charge is 0.436 e. The van der Waals surface area contributed by atoms with E-state index in [2.05, 4.69) is 53.9 Å². The van der Waals surface area contributed by atoms with Gasteiger partial charge in [0.1, 0.15) is 0 Å². The number of hydrogen-bond donors (Lipinski definition) is 0. The molecule has 2 aliphatic rings. The van der Waals surface area contributed by atoms with Crippen molar-refractivity contribution in [3.8, 4) is 0 Å². The lowest BCUT2D eigenvalue weighted by molar-refractivity contribution is 0.149. The molecule has 124 valence electrons. The first kappa shape index (κ1) is 14.3. The zero-order valence-corrected chi connectivity index (χ0v) is 14.5. The van der Waals surface area contributed by atoms with Gasteiger partial charge in [0.05, 0.1) is 11.9 Å². The zero-order chi connectivity index (χ0) is 16.4. The van der Waals surface area contributed by atoms with Crippen molar-refractivity contribution in [1.29, 1.82) is 0 Å². The molecule has 3 heterocycles. The van der Waals surface area contributed by atoms with Crippen LogP contribution in [0.25, 0.3) is 22.1 Å². The van der Waals surface area contributed by atoms with Gasteiger partial charge in [0, 0.05) is 29.1 Å². The van der Waals surface area contributed by atoms with E-state index in [0.29, 0.717) is 12.2 Å². The number of aromatic nitrogens is 1. The minimum Gasteiger partial charge on any atom is -0.436 e. The number of hydrogen-bond acceptors (Lipinski definition) is 4. The summed E-state index contributed by atoms with van der Waals surface area (Å²) in [6.07, 6.45) is 6.03. The van der Waals surface area contributed by atoms with Gasteiger partial charge in [0.2, 0.25) is 5.71 Å². The van der Waals surface area contributed by atoms with Crippen molar-refractivity contribution in [2.75, 3.05) is 11.9 Å². The maximum Gasteiger partial charge on any atom is 0.227 e. The van der Waals surface area contributed by atoms with Gasteiger partial charge in [-0.2, -0.15) is 0 Å². The molecule has 1 aliphatic carbocycles. The highest BCUT2D eigenvalue weighted by Gasteiger charge is 2.42. The molecule has 1 aliphatic heterocycles. The monoisotopic (exact) mass is 321 g/mol. The van der Waals surface area contributed by atoms with E-state index < -0.39 is 0 Å². The van der Waals surface area contributed by atoms with E-state index in [-0.39, 0.29) is 0 Å². The quantitative estimate of drug-likeness (QED) is 0.668. The van der Waals surface area contributed by atoms with Crippen molar-refractivity contribution in [3.05, 3.63) is 36.0 Å². The van der Waals surface area contributed by atoms with Gasteiger partial charge in [-0.15, -0.1) is 0 Å². The van der Waals surface area contributed by atoms with Crippen molar-refractivity contribution in [3.63, 3.8) is 0 Å². The van der Waals surface area contributed by atoms with E-state index in [1.54, 1.807) is 6.20 Å². The third kappa shape index (κ3) is 1.80. The van der Waals surface area contributed by atoms with Crippen LogP contribution in [0.15, 0.2) is 34.9 Å². The fourth-order valence-corrected chi connectivity index (χ4v) is 4.81. The summed E-state index contributed by atoms with van der Waals surface area (Å²) >= 11 is 0. The van der Waals surface area contributed by atoms with E-state index >= 15 is 0 Å². The number of aryl methyl sites for hydroxylation is 1. The van der Waals surface area contributed by atoms with Gasteiger partial charge in [-0.3, -0.25) is 4.90 Å². The SMILES string of the molecule is Cc1ccc2c(oc3ncccc32)c1N1C2CCC(C2)N(C)C1C. The van der Waals surface area contributed by atoms with Crippen LogP contribution in [0.1, 0.15) is 31.7 Å². The topological polar surface area (TPSA) is 32.5 Å². The summed E-state index contributed by atoms with van der Waals surface area (Å²) in [7, 11) is 2.26. The Kier molecular flexibility index (Phi) is 2.95. The lowest BCUT2D eigenvalue weighted by atomic mass is 10.0. The molecule has 2 bridgehead atoms. The normalized spacial score (nSPS) is 27.5. The van der Waals surface area contributed by atoms with Crippen molar-refractivity contribution >= 4 is 27.8 Å². The first-order valence-corrected chi connectivity index (χ1v) is 8.92. The van der Waals surface area contributed by atoms with Crippen LogP contribution in [0.4, 0.5) is 5.69 Å². The second-order valence-electron chi connectivity index (χ2n) is 7.39. The fourth-order valence-electron chi connectivity index (χ4n) is 4.81. The number of furan rings is 1. The van der Waals surface area contributed by atoms with Crippen LogP contribution < -0.4 is 4.90 Å². The number of pyridine rings is 1. The molecule has 1 saturated heterocycles. The predicted molar refractivity (Wildman–Crippen MR) is 97.4 cm³/mol. The van der Waals surface area contributed by atoms with Crippen molar-refractivity contribution < 1.29 is 4.42 Å². The van der Waals surface area contributed by atoms with Gasteiger partial charge in [0.15, 0.2) is 5.58 Å². The summed E-state index contributed by atoms with van der Waals surface area (Å²) in [5.74, 6) is 0. The van der Waals surface area contributed by atoms with Crippen LogP contribution in [-0.4, -0.2) is 35.2 Å². The van der Waals surface area contributed by atoms with Crippen molar-refractivity contribution in [2.24, 2.45) is 0 Å². The highest BCUT2D eigenvalue weighted by Crippen LogP contribution is 2.44. The van der Waals surface area contributed by atoms with Gasteiger partial charge < -0.3 is 9.32 Å². The van der Waals surface area contributed by atoms with E-state index in [1.165, 1.54) is 35.9 Å². The average Bonchev–Trinajstić information content (AvgIpc) is 3.18. The molecule has 0 amide bonds. The molecular weight excluding hydrogens is 298 g/mol. The Bertz CT molecular complexity index is 931. The molecule has 1 aromatic carbocycles. The third-order valence-electron chi connectivity index (χ3n) is 6.19. The van der Waals surface area contributed by atoms with E-state index in [1.807, 2.05) is 6.07 Å². The lowest BCUT2D eigenvalue weighted by Gasteiger charge is -2.47. The van der Waals surface area contributed by atoms with Gasteiger partial charge in [-0.1, -0.05) is 12.1 Å². The maximum absolute atomic E-state index is 6.24. The maximum atomic E-state index is 6.24. The van der Waals surface area contributed by atoms with Crippen LogP contribution in [0.2, 0.25) is 0 Å². The fraction of sp³-hybridized carbons (Fsp3) is 0.450. The molecule has 0 radical (unpaired) electrons. The number of nitrogens with zero attached hydrogens (tertiary/aromatic N) is 3. The predicted octanol–water partition coefficient (Wildman–Crippen LogP) is 4.31. The Hall–Kier alpha value is -2.07. The minimum atomic E-state index is 0.390. The first-order chi connectivity index (χ1) is 11.6. The molecule has 5 rings (SSSR count). The summed E-state index contributed by atoms with van der Waals surface area (Å²) in [4.78, 5) is 9.55. The highest BCUT2D eigenvalue weighted by atomic mass is 16.3. The number of benzene rings is 1. The Morgan fingerprint density at radius 3 is 2.83 bits per heavy atom. The van der Waals surface area contributed by atoms with Crippen LogP contribution in [-0.2, 0) is 0 Å². The molecule has 3 aromatic rings. The summed E-state index contributed by atoms with van der Waals surface area (Å²) in [5.41, 5.74) is 4.28. The molecule has 24 heavy (non-hydrogen) atoms. The second-order valence-corrected chi connectivity index (χ2v) is 7.39. The Morgan fingerprint density at radius 1 is 1.12 bits per heavy atom. The minimum absolute atomic E-state index is 0.390. The molecule has 4 nitrogen and oxygen atoms in total. The summed E-state index contributed by atoms with van der Waals surface area (Å²) in [6.45, 7) is 4.52. The van der Waals surface area contributed by atoms with Crippen molar-refractivity contribution in [1.82, 2.24) is 9.88 Å². The average molecular weight is 321 g/mol. The van der Waals surface area contributed by atoms with Gasteiger partial charge in [0.25, 0.3) is 0 Å². The van der Waals surface area contributed by atoms with Gasteiger partial charge in [-0.25, -0.2) is 4.98 Å². The van der Waals surface area contributed by atoms with E-state index in [0.717, 1.165) is 22.7 Å². The van der Waals surface area contributed by atoms with Gasteiger partial charge >= 0.3 is 0 Å². The first-order valence-electron chi connectivity index (χ1n) is 8.92. The summed E-state index contributed by atoms with van der Waals surface area (Å²) < 4.78 is 6.24. The molecule has 0 spiro atoms. The molecule has 1 saturated carbocycles. The molecular formula is C20H23N3O. The lowest BCUT2D eigenvalue weighted by Crippen LogP contribution is -2.56. The standard InChI is InChI=1S/C20H23N3O/c1-12-6-9-16-17-5-4-10-21-20(17)24-19(16)18(12)23-13(2)22(3)14-7-8-15(23)11-14/h4-6,9-10,13-15H,7-8,11H2,1-3H3. The molecule has 2 aromatic heterocycles. The molecule has 0 N–H and O–H groups in total. The van der Waals surface area contributed by atoms with E-state index in [4.69, 9.17) is 4.42 Å². The molecule has 3 unspecified atom stereocenters. The van der Waals surface area contributed by atoms with Crippen LogP contribution >= 0.6 is 0 Å². The number of fused-ring (bicyclic) bond motifs is 5. The Morgan fingerprint density at radius 2 is 1.96 bits per heavy atom. The smallest absolute Gasteiger partial charge is 0.227 e. The zero-order valence-electron chi connectivity index (χ0n) is 14.5. The molecule has 4 heteroatoms. The molecule has 3 atom stereocenters. The van der Waals surface area contributed by atoms with E-state index in [9.17, 15) is 0 Å². The second kappa shape index (κ2) is 4.96. The van der Waals surface area contributed by atoms with Crippen LogP contribution in [0.5, 0.6) is 0 Å². The Balaban J connectivity index is 1.78. The van der Waals surface area contributed by atoms with Crippen LogP contribution in [0, 0.1) is 6.92 Å². The highest BCUT2D eigenvalue weighted by molar-refractivity contribution is 6.08. The third-order valence-corrected chi connectivity index (χ3v) is 6.19. The summed E-state index contributed by atoms with van der Waals surface area (Å²) in [5, 5.41) is 2.28. The Labute approximate surface area is 142 Å². The molecule has 2 fully saturated rings. The van der Waals surface area contributed by atoms with Crippen molar-refractivity contribution in [2.45, 2.75) is 51.4 Å². The van der Waals surface area contributed by atoms with Crippen LogP contribution in [0.3, 0.4) is 0 Å². The van der Waals surface area contributed by atoms with Gasteiger partial charge in [-0.05, 0) is 57.9 Å².